The van der Waals surface area contributed by atoms with Gasteiger partial charge in [0.25, 0.3) is 0 Å². The number of hydrogen-bond acceptors (Lipinski definition) is 6. The van der Waals surface area contributed by atoms with Gasteiger partial charge in [-0.3, -0.25) is 4.79 Å². The Bertz CT molecular complexity index is 871. The summed E-state index contributed by atoms with van der Waals surface area (Å²) in [5.41, 5.74) is 2.29. The van der Waals surface area contributed by atoms with E-state index in [-0.39, 0.29) is 12.5 Å². The van der Waals surface area contributed by atoms with Gasteiger partial charge in [0.2, 0.25) is 11.0 Å². The molecule has 7 heteroatoms. The molecule has 0 saturated carbocycles. The number of hydrogen-bond donors (Lipinski definition) is 1. The van der Waals surface area contributed by atoms with Crippen LogP contribution in [0, 0.1) is 0 Å². The molecule has 1 amide bonds. The van der Waals surface area contributed by atoms with Gasteiger partial charge in [-0.15, -0.1) is 0 Å². The van der Waals surface area contributed by atoms with Crippen LogP contribution >= 0.6 is 11.5 Å². The minimum Gasteiger partial charge on any atom is -0.385 e. The maximum Gasteiger partial charge on any atom is 0.239 e. The monoisotopic (exact) mass is 410 g/mol. The third-order valence-electron chi connectivity index (χ3n) is 4.33. The van der Waals surface area contributed by atoms with Crippen molar-refractivity contribution < 1.29 is 9.53 Å². The number of methoxy groups -OCH3 is 1. The molecule has 0 saturated heterocycles. The van der Waals surface area contributed by atoms with Gasteiger partial charge >= 0.3 is 0 Å². The number of nitrogens with one attached hydrogen (secondary N) is 1. The Morgan fingerprint density at radius 3 is 2.45 bits per heavy atom. The molecular formula is C22H26N4O2S. The van der Waals surface area contributed by atoms with E-state index in [0.717, 1.165) is 22.9 Å². The Hall–Kier alpha value is -2.77. The van der Waals surface area contributed by atoms with E-state index in [2.05, 4.69) is 34.0 Å². The molecule has 2 aromatic carbocycles. The Labute approximate surface area is 175 Å². The Morgan fingerprint density at radius 1 is 1.07 bits per heavy atom. The van der Waals surface area contributed by atoms with E-state index in [9.17, 15) is 4.79 Å². The van der Waals surface area contributed by atoms with Crippen LogP contribution in [0.3, 0.4) is 0 Å². The van der Waals surface area contributed by atoms with Gasteiger partial charge in [-0.25, -0.2) is 4.98 Å². The number of amides is 1. The van der Waals surface area contributed by atoms with Crippen LogP contribution in [0.25, 0.3) is 0 Å². The second-order valence-corrected chi connectivity index (χ2v) is 7.42. The molecule has 1 aromatic heterocycles. The van der Waals surface area contributed by atoms with Gasteiger partial charge in [-0.05, 0) is 17.5 Å². The summed E-state index contributed by atoms with van der Waals surface area (Å²) in [6, 6.07) is 20.2. The first-order chi connectivity index (χ1) is 14.2. The maximum absolute atomic E-state index is 12.4. The lowest BCUT2D eigenvalue weighted by atomic mass is 10.1. The molecule has 0 atom stereocenters. The Morgan fingerprint density at radius 2 is 1.76 bits per heavy atom. The number of aromatic nitrogens is 2. The van der Waals surface area contributed by atoms with Gasteiger partial charge in [0, 0.05) is 44.8 Å². The molecule has 3 rings (SSSR count). The zero-order chi connectivity index (χ0) is 20.3. The lowest BCUT2D eigenvalue weighted by Gasteiger charge is -2.21. The topological polar surface area (TPSA) is 67.3 Å². The lowest BCUT2D eigenvalue weighted by molar-refractivity contribution is -0.119. The predicted octanol–water partition coefficient (Wildman–Crippen LogP) is 3.29. The number of carbonyl (C=O) groups is 1. The summed E-state index contributed by atoms with van der Waals surface area (Å²) in [4.78, 5) is 19.1. The van der Waals surface area contributed by atoms with Crippen LogP contribution < -0.4 is 10.2 Å². The SMILES string of the molecule is COCCCNC(=O)CN(Cc1ccccc1)c1nc(Cc2ccccc2)ns1. The van der Waals surface area contributed by atoms with E-state index >= 15 is 0 Å². The Kier molecular flexibility index (Phi) is 8.15. The van der Waals surface area contributed by atoms with Crippen molar-refractivity contribution in [2.45, 2.75) is 19.4 Å². The first-order valence-corrected chi connectivity index (χ1v) is 10.4. The van der Waals surface area contributed by atoms with Crippen molar-refractivity contribution in [1.82, 2.24) is 14.7 Å². The summed E-state index contributed by atoms with van der Waals surface area (Å²) < 4.78 is 9.53. The summed E-state index contributed by atoms with van der Waals surface area (Å²) in [6.45, 7) is 2.07. The standard InChI is InChI=1S/C22H26N4O2S/c1-28-14-8-13-23-21(27)17-26(16-19-11-6-3-7-12-19)22-24-20(25-29-22)15-18-9-4-2-5-10-18/h2-7,9-12H,8,13-17H2,1H3,(H,23,27). The van der Waals surface area contributed by atoms with Crippen LogP contribution in [-0.4, -0.2) is 42.1 Å². The van der Waals surface area contributed by atoms with E-state index in [1.54, 1.807) is 7.11 Å². The van der Waals surface area contributed by atoms with Gasteiger partial charge in [0.1, 0.15) is 5.82 Å². The number of ether oxygens (including phenoxy) is 1. The molecule has 0 unspecified atom stereocenters. The summed E-state index contributed by atoms with van der Waals surface area (Å²) in [5.74, 6) is 0.742. The van der Waals surface area contributed by atoms with Crippen LogP contribution in [0.15, 0.2) is 60.7 Å². The summed E-state index contributed by atoms with van der Waals surface area (Å²) >= 11 is 1.33. The number of benzene rings is 2. The highest BCUT2D eigenvalue weighted by Gasteiger charge is 2.17. The molecule has 152 valence electrons. The minimum atomic E-state index is -0.0307. The van der Waals surface area contributed by atoms with Crippen molar-refractivity contribution in [3.05, 3.63) is 77.6 Å². The molecule has 0 aliphatic rings. The first-order valence-electron chi connectivity index (χ1n) is 9.65. The van der Waals surface area contributed by atoms with Crippen molar-refractivity contribution >= 4 is 22.6 Å². The second-order valence-electron chi connectivity index (χ2n) is 6.69. The van der Waals surface area contributed by atoms with Crippen molar-refractivity contribution in [3.8, 4) is 0 Å². The molecule has 0 radical (unpaired) electrons. The molecule has 1 heterocycles. The number of anilines is 1. The normalized spacial score (nSPS) is 10.7. The van der Waals surface area contributed by atoms with Crippen LogP contribution in [-0.2, 0) is 22.5 Å². The number of rotatable bonds is 11. The van der Waals surface area contributed by atoms with Crippen LogP contribution in [0.2, 0.25) is 0 Å². The fraction of sp³-hybridized carbons (Fsp3) is 0.318. The Balaban J connectivity index is 1.68. The molecule has 29 heavy (non-hydrogen) atoms. The van der Waals surface area contributed by atoms with Gasteiger partial charge in [0.15, 0.2) is 0 Å². The largest absolute Gasteiger partial charge is 0.385 e. The molecule has 3 aromatic rings. The highest BCUT2D eigenvalue weighted by molar-refractivity contribution is 7.09. The molecule has 0 bridgehead atoms. The molecular weight excluding hydrogens is 384 g/mol. The molecule has 1 N–H and O–H groups in total. The fourth-order valence-corrected chi connectivity index (χ4v) is 3.58. The van der Waals surface area contributed by atoms with Crippen molar-refractivity contribution in [2.75, 3.05) is 31.7 Å². The zero-order valence-corrected chi connectivity index (χ0v) is 17.4. The molecule has 0 fully saturated rings. The minimum absolute atomic E-state index is 0.0307. The second kappa shape index (κ2) is 11.3. The van der Waals surface area contributed by atoms with E-state index in [4.69, 9.17) is 9.72 Å². The van der Waals surface area contributed by atoms with Crippen molar-refractivity contribution in [2.24, 2.45) is 0 Å². The summed E-state index contributed by atoms with van der Waals surface area (Å²) in [7, 11) is 1.66. The van der Waals surface area contributed by atoms with Gasteiger partial charge in [-0.2, -0.15) is 4.37 Å². The van der Waals surface area contributed by atoms with Crippen LogP contribution in [0.1, 0.15) is 23.4 Å². The first kappa shape index (κ1) is 21.0. The molecule has 0 aliphatic carbocycles. The third-order valence-corrected chi connectivity index (χ3v) is 5.15. The van der Waals surface area contributed by atoms with Crippen molar-refractivity contribution in [1.29, 1.82) is 0 Å². The number of nitrogens with zero attached hydrogens (tertiary/aromatic N) is 3. The zero-order valence-electron chi connectivity index (χ0n) is 16.6. The van der Waals surface area contributed by atoms with E-state index in [0.29, 0.717) is 26.1 Å². The predicted molar refractivity (Wildman–Crippen MR) is 116 cm³/mol. The third kappa shape index (κ3) is 6.96. The highest BCUT2D eigenvalue weighted by atomic mass is 32.1. The van der Waals surface area contributed by atoms with E-state index in [1.807, 2.05) is 41.3 Å². The maximum atomic E-state index is 12.4. The molecule has 6 nitrogen and oxygen atoms in total. The average Bonchev–Trinajstić information content (AvgIpc) is 3.21. The van der Waals surface area contributed by atoms with Crippen LogP contribution in [0.4, 0.5) is 5.13 Å². The van der Waals surface area contributed by atoms with E-state index < -0.39 is 0 Å². The smallest absolute Gasteiger partial charge is 0.239 e. The van der Waals surface area contributed by atoms with Gasteiger partial charge in [0.05, 0.1) is 6.54 Å². The highest BCUT2D eigenvalue weighted by Crippen LogP contribution is 2.21. The van der Waals surface area contributed by atoms with E-state index in [1.165, 1.54) is 17.1 Å². The van der Waals surface area contributed by atoms with Gasteiger partial charge in [-0.1, -0.05) is 60.7 Å². The molecule has 0 spiro atoms. The summed E-state index contributed by atoms with van der Waals surface area (Å²) in [6.07, 6.45) is 1.47. The van der Waals surface area contributed by atoms with Gasteiger partial charge < -0.3 is 15.0 Å². The van der Waals surface area contributed by atoms with Crippen molar-refractivity contribution in [3.63, 3.8) is 0 Å². The average molecular weight is 411 g/mol. The van der Waals surface area contributed by atoms with Crippen LogP contribution in [0.5, 0.6) is 0 Å². The quantitative estimate of drug-likeness (QED) is 0.492. The fourth-order valence-electron chi connectivity index (χ4n) is 2.89. The molecule has 0 aliphatic heterocycles. The summed E-state index contributed by atoms with van der Waals surface area (Å²) in [5, 5.41) is 3.70. The lowest BCUT2D eigenvalue weighted by Crippen LogP contribution is -2.37. The number of carbonyl (C=O) groups excluding carboxylic acids is 1.